The molecule has 1 unspecified atom stereocenters. The molecule has 1 aromatic rings. The Morgan fingerprint density at radius 3 is 2.31 bits per heavy atom. The quantitative estimate of drug-likeness (QED) is 0.771. The Bertz CT molecular complexity index is 262. The highest BCUT2D eigenvalue weighted by Gasteiger charge is 2.31. The molecule has 1 atom stereocenters. The molecule has 1 aromatic heterocycles. The summed E-state index contributed by atoms with van der Waals surface area (Å²) in [4.78, 5) is 6.99. The number of rotatable bonds is 2. The SMILES string of the molecule is OC(CC(F)(F)F)c1cncnc1. The van der Waals surface area contributed by atoms with E-state index in [9.17, 15) is 13.2 Å². The summed E-state index contributed by atoms with van der Waals surface area (Å²) in [5.74, 6) is 0. The molecule has 0 spiro atoms. The molecule has 72 valence electrons. The number of nitrogens with zero attached hydrogens (tertiary/aromatic N) is 2. The molecule has 1 rings (SSSR count). The minimum absolute atomic E-state index is 0.0693. The van der Waals surface area contributed by atoms with Crippen LogP contribution in [0.3, 0.4) is 0 Å². The molecule has 1 N–H and O–H groups in total. The first-order valence-corrected chi connectivity index (χ1v) is 3.49. The van der Waals surface area contributed by atoms with E-state index in [0.717, 1.165) is 12.4 Å². The third kappa shape index (κ3) is 3.37. The van der Waals surface area contributed by atoms with Gasteiger partial charge in [-0.05, 0) is 0 Å². The molecular weight excluding hydrogens is 185 g/mol. The van der Waals surface area contributed by atoms with E-state index >= 15 is 0 Å². The second-order valence-corrected chi connectivity index (χ2v) is 2.51. The van der Waals surface area contributed by atoms with E-state index in [4.69, 9.17) is 5.11 Å². The lowest BCUT2D eigenvalue weighted by molar-refractivity contribution is -0.154. The topological polar surface area (TPSA) is 46.0 Å². The maximum Gasteiger partial charge on any atom is 0.391 e. The highest BCUT2D eigenvalue weighted by atomic mass is 19.4. The number of aromatic nitrogens is 2. The smallest absolute Gasteiger partial charge is 0.388 e. The Hall–Kier alpha value is -1.17. The van der Waals surface area contributed by atoms with Crippen molar-refractivity contribution in [3.05, 3.63) is 24.3 Å². The number of hydrogen-bond donors (Lipinski definition) is 1. The largest absolute Gasteiger partial charge is 0.391 e. The maximum absolute atomic E-state index is 11.8. The Morgan fingerprint density at radius 1 is 1.31 bits per heavy atom. The van der Waals surface area contributed by atoms with Crippen molar-refractivity contribution in [3.63, 3.8) is 0 Å². The number of alkyl halides is 3. The van der Waals surface area contributed by atoms with Gasteiger partial charge in [-0.15, -0.1) is 0 Å². The average molecular weight is 192 g/mol. The van der Waals surface area contributed by atoms with Crippen LogP contribution in [0.25, 0.3) is 0 Å². The molecular formula is C7H7F3N2O. The molecule has 0 bridgehead atoms. The van der Waals surface area contributed by atoms with Gasteiger partial charge in [-0.3, -0.25) is 0 Å². The Labute approximate surface area is 72.3 Å². The van der Waals surface area contributed by atoms with Crippen LogP contribution in [0.4, 0.5) is 13.2 Å². The standard InChI is InChI=1S/C7H7F3N2O/c8-7(9,10)1-6(13)5-2-11-4-12-3-5/h2-4,6,13H,1H2. The number of hydrogen-bond acceptors (Lipinski definition) is 3. The van der Waals surface area contributed by atoms with E-state index in [1.165, 1.54) is 6.33 Å². The summed E-state index contributed by atoms with van der Waals surface area (Å²) in [6.07, 6.45) is -3.74. The molecule has 0 aliphatic heterocycles. The van der Waals surface area contributed by atoms with Gasteiger partial charge in [0.2, 0.25) is 0 Å². The zero-order valence-corrected chi connectivity index (χ0v) is 6.49. The summed E-state index contributed by atoms with van der Waals surface area (Å²) in [5, 5.41) is 9.06. The normalized spacial score (nSPS) is 14.2. The first kappa shape index (κ1) is 9.91. The fraction of sp³-hybridized carbons (Fsp3) is 0.429. The third-order valence-corrected chi connectivity index (χ3v) is 1.39. The fourth-order valence-electron chi connectivity index (χ4n) is 0.820. The number of halogens is 3. The van der Waals surface area contributed by atoms with Crippen LogP contribution in [0, 0.1) is 0 Å². The molecule has 0 amide bonds. The molecule has 0 aromatic carbocycles. The van der Waals surface area contributed by atoms with Gasteiger partial charge in [0, 0.05) is 18.0 Å². The van der Waals surface area contributed by atoms with Gasteiger partial charge >= 0.3 is 6.18 Å². The van der Waals surface area contributed by atoms with Gasteiger partial charge in [0.05, 0.1) is 12.5 Å². The molecule has 1 heterocycles. The second-order valence-electron chi connectivity index (χ2n) is 2.51. The van der Waals surface area contributed by atoms with Crippen LogP contribution in [0.15, 0.2) is 18.7 Å². The van der Waals surface area contributed by atoms with Gasteiger partial charge in [-0.2, -0.15) is 13.2 Å². The maximum atomic E-state index is 11.8. The molecule has 3 nitrogen and oxygen atoms in total. The molecule has 0 saturated carbocycles. The lowest BCUT2D eigenvalue weighted by Gasteiger charge is -2.11. The molecule has 0 aliphatic carbocycles. The van der Waals surface area contributed by atoms with Crippen LogP contribution < -0.4 is 0 Å². The van der Waals surface area contributed by atoms with E-state index in [2.05, 4.69) is 9.97 Å². The van der Waals surface area contributed by atoms with Crippen molar-refractivity contribution in [2.45, 2.75) is 18.7 Å². The highest BCUT2D eigenvalue weighted by molar-refractivity contribution is 5.06. The highest BCUT2D eigenvalue weighted by Crippen LogP contribution is 2.28. The summed E-state index contributed by atoms with van der Waals surface area (Å²) < 4.78 is 35.4. The molecule has 6 heteroatoms. The van der Waals surface area contributed by atoms with Crippen molar-refractivity contribution < 1.29 is 18.3 Å². The summed E-state index contributed by atoms with van der Waals surface area (Å²) in [7, 11) is 0. The molecule has 13 heavy (non-hydrogen) atoms. The van der Waals surface area contributed by atoms with Crippen LogP contribution in [-0.4, -0.2) is 21.3 Å². The average Bonchev–Trinajstić information content (AvgIpc) is 2.03. The van der Waals surface area contributed by atoms with Crippen LogP contribution in [0.5, 0.6) is 0 Å². The van der Waals surface area contributed by atoms with Gasteiger partial charge in [-0.25, -0.2) is 9.97 Å². The number of aliphatic hydroxyl groups is 1. The number of aliphatic hydroxyl groups excluding tert-OH is 1. The van der Waals surface area contributed by atoms with E-state index < -0.39 is 18.7 Å². The van der Waals surface area contributed by atoms with Crippen molar-refractivity contribution in [3.8, 4) is 0 Å². The van der Waals surface area contributed by atoms with Crippen molar-refractivity contribution >= 4 is 0 Å². The second kappa shape index (κ2) is 3.69. The lowest BCUT2D eigenvalue weighted by Crippen LogP contribution is -2.13. The Morgan fingerprint density at radius 2 is 1.85 bits per heavy atom. The predicted molar refractivity (Wildman–Crippen MR) is 37.7 cm³/mol. The van der Waals surface area contributed by atoms with Crippen LogP contribution in [0.2, 0.25) is 0 Å². The van der Waals surface area contributed by atoms with Crippen molar-refractivity contribution in [2.75, 3.05) is 0 Å². The third-order valence-electron chi connectivity index (χ3n) is 1.39. The first-order valence-electron chi connectivity index (χ1n) is 3.49. The van der Waals surface area contributed by atoms with Crippen molar-refractivity contribution in [1.29, 1.82) is 0 Å². The van der Waals surface area contributed by atoms with E-state index in [1.54, 1.807) is 0 Å². The summed E-state index contributed by atoms with van der Waals surface area (Å²) in [6.45, 7) is 0. The fourth-order valence-corrected chi connectivity index (χ4v) is 0.820. The lowest BCUT2D eigenvalue weighted by atomic mass is 10.1. The summed E-state index contributed by atoms with van der Waals surface area (Å²) >= 11 is 0. The molecule has 0 aliphatic rings. The van der Waals surface area contributed by atoms with Crippen LogP contribution in [0.1, 0.15) is 18.1 Å². The van der Waals surface area contributed by atoms with Gasteiger partial charge < -0.3 is 5.11 Å². The van der Waals surface area contributed by atoms with Gasteiger partial charge in [0.25, 0.3) is 0 Å². The zero-order valence-electron chi connectivity index (χ0n) is 6.49. The molecule has 0 radical (unpaired) electrons. The van der Waals surface area contributed by atoms with Gasteiger partial charge in [0.15, 0.2) is 0 Å². The first-order chi connectivity index (χ1) is 5.99. The molecule has 0 saturated heterocycles. The van der Waals surface area contributed by atoms with Gasteiger partial charge in [0.1, 0.15) is 6.33 Å². The Balaban J connectivity index is 2.64. The predicted octanol–water partition coefficient (Wildman–Crippen LogP) is 1.46. The molecule has 0 fully saturated rings. The minimum Gasteiger partial charge on any atom is -0.388 e. The van der Waals surface area contributed by atoms with Crippen LogP contribution in [-0.2, 0) is 0 Å². The van der Waals surface area contributed by atoms with Crippen LogP contribution >= 0.6 is 0 Å². The van der Waals surface area contributed by atoms with Gasteiger partial charge in [-0.1, -0.05) is 0 Å². The zero-order chi connectivity index (χ0) is 9.90. The Kier molecular flexibility index (Phi) is 2.82. The monoisotopic (exact) mass is 192 g/mol. The van der Waals surface area contributed by atoms with E-state index in [0.29, 0.717) is 0 Å². The van der Waals surface area contributed by atoms with Crippen molar-refractivity contribution in [2.24, 2.45) is 0 Å². The summed E-state index contributed by atoms with van der Waals surface area (Å²) in [6, 6.07) is 0. The van der Waals surface area contributed by atoms with Crippen molar-refractivity contribution in [1.82, 2.24) is 9.97 Å². The van der Waals surface area contributed by atoms with E-state index in [1.807, 2.05) is 0 Å². The summed E-state index contributed by atoms with van der Waals surface area (Å²) in [5.41, 5.74) is 0.0693. The minimum atomic E-state index is -4.38. The van der Waals surface area contributed by atoms with E-state index in [-0.39, 0.29) is 5.56 Å².